The Balaban J connectivity index is 0. The molecule has 0 saturated heterocycles. The van der Waals surface area contributed by atoms with Crippen LogP contribution in [0.15, 0.2) is 11.1 Å². The normalized spacial score (nSPS) is 11.4. The van der Waals surface area contributed by atoms with Crippen molar-refractivity contribution in [2.45, 2.75) is 20.3 Å². The summed E-state index contributed by atoms with van der Waals surface area (Å²) in [5, 5.41) is 0. The number of hydrogen-bond acceptors (Lipinski definition) is 1. The molecule has 0 amide bonds. The minimum absolute atomic E-state index is 0. The van der Waals surface area contributed by atoms with Crippen molar-refractivity contribution in [1.29, 1.82) is 0 Å². The predicted octanol–water partition coefficient (Wildman–Crippen LogP) is 1.65. The first-order valence-corrected chi connectivity index (χ1v) is 2.56. The Kier molecular flexibility index (Phi) is 9.00. The molecule has 1 radical (unpaired) electrons. The van der Waals surface area contributed by atoms with Crippen LogP contribution in [0.4, 0.5) is 0 Å². The monoisotopic (exact) mass is 199 g/mol. The quantitative estimate of drug-likeness (QED) is 0.488. The van der Waals surface area contributed by atoms with E-state index in [4.69, 9.17) is 0 Å². The molecule has 49 valence electrons. The fourth-order valence-electron chi connectivity index (χ4n) is 0.275. The van der Waals surface area contributed by atoms with Crippen LogP contribution in [0.3, 0.4) is 0 Å². The van der Waals surface area contributed by atoms with Gasteiger partial charge in [-0.05, 0) is 6.29 Å². The van der Waals surface area contributed by atoms with Gasteiger partial charge >= 0.3 is 0 Å². The third-order valence-electron chi connectivity index (χ3n) is 1.17. The zero-order valence-electron chi connectivity index (χ0n) is 5.90. The zero-order chi connectivity index (χ0) is 6.57. The Bertz CT molecular complexity index is 116. The molecule has 9 heavy (non-hydrogen) atoms. The van der Waals surface area contributed by atoms with Crippen LogP contribution in [0.2, 0.25) is 0 Å². The predicted molar refractivity (Wildman–Crippen MR) is 34.0 cm³/mol. The van der Waals surface area contributed by atoms with Gasteiger partial charge in [-0.25, -0.2) is 12.0 Å². The van der Waals surface area contributed by atoms with Crippen molar-refractivity contribution in [1.82, 2.24) is 0 Å². The SMILES string of the molecule is [CH2-]C/C(C)=C(/C)[C-]=O.[Y]. The molecular formula is C7H10OY-2. The minimum atomic E-state index is 0. The molecule has 0 aliphatic carbocycles. The molecule has 0 unspecified atom stereocenters. The summed E-state index contributed by atoms with van der Waals surface area (Å²) in [6.45, 7) is 7.24. The first-order chi connectivity index (χ1) is 3.72. The van der Waals surface area contributed by atoms with Crippen molar-refractivity contribution in [3.05, 3.63) is 18.1 Å². The first-order valence-electron chi connectivity index (χ1n) is 2.56. The van der Waals surface area contributed by atoms with E-state index in [2.05, 4.69) is 6.92 Å². The third kappa shape index (κ3) is 4.98. The van der Waals surface area contributed by atoms with Crippen LogP contribution >= 0.6 is 0 Å². The van der Waals surface area contributed by atoms with E-state index in [0.717, 1.165) is 5.57 Å². The molecule has 0 atom stereocenters. The van der Waals surface area contributed by atoms with Gasteiger partial charge < -0.3 is 11.7 Å². The van der Waals surface area contributed by atoms with Crippen molar-refractivity contribution < 1.29 is 37.5 Å². The van der Waals surface area contributed by atoms with E-state index in [1.165, 1.54) is 0 Å². The Labute approximate surface area is 81.8 Å². The van der Waals surface area contributed by atoms with Crippen LogP contribution in [0.1, 0.15) is 20.3 Å². The summed E-state index contributed by atoms with van der Waals surface area (Å²) in [6.07, 6.45) is 2.50. The summed E-state index contributed by atoms with van der Waals surface area (Å²) < 4.78 is 0. The smallest absolute Gasteiger partial charge is 0 e. The maximum Gasteiger partial charge on any atom is 0 e. The molecule has 0 heterocycles. The molecule has 0 aromatic rings. The molecule has 0 bridgehead atoms. The van der Waals surface area contributed by atoms with Gasteiger partial charge in [-0.1, -0.05) is 6.92 Å². The molecule has 0 N–H and O–H groups in total. The number of rotatable bonds is 2. The Morgan fingerprint density at radius 3 is 2.11 bits per heavy atom. The first kappa shape index (κ1) is 12.2. The van der Waals surface area contributed by atoms with Crippen LogP contribution in [0.5, 0.6) is 0 Å². The summed E-state index contributed by atoms with van der Waals surface area (Å²) in [7, 11) is 0. The van der Waals surface area contributed by atoms with E-state index in [9.17, 15) is 4.79 Å². The fourth-order valence-corrected chi connectivity index (χ4v) is 0.275. The minimum Gasteiger partial charge on any atom is -0.419 e. The number of allylic oxidation sites excluding steroid dienone is 2. The van der Waals surface area contributed by atoms with Crippen LogP contribution in [0.25, 0.3) is 0 Å². The van der Waals surface area contributed by atoms with Crippen LogP contribution in [-0.2, 0) is 37.5 Å². The molecule has 0 aliphatic heterocycles. The second-order valence-corrected chi connectivity index (χ2v) is 1.76. The van der Waals surface area contributed by atoms with Gasteiger partial charge in [0.25, 0.3) is 0 Å². The van der Waals surface area contributed by atoms with Gasteiger partial charge in [0.15, 0.2) is 0 Å². The van der Waals surface area contributed by atoms with Crippen LogP contribution < -0.4 is 0 Å². The molecular weight excluding hydrogens is 189 g/mol. The van der Waals surface area contributed by atoms with Crippen molar-refractivity contribution >= 4 is 6.29 Å². The zero-order valence-corrected chi connectivity index (χ0v) is 8.74. The largest absolute Gasteiger partial charge is 0.419 e. The van der Waals surface area contributed by atoms with Gasteiger partial charge in [0.1, 0.15) is 0 Å². The average molecular weight is 199 g/mol. The third-order valence-corrected chi connectivity index (χ3v) is 1.17. The van der Waals surface area contributed by atoms with E-state index >= 15 is 0 Å². The topological polar surface area (TPSA) is 17.1 Å². The van der Waals surface area contributed by atoms with Crippen molar-refractivity contribution in [2.24, 2.45) is 0 Å². The summed E-state index contributed by atoms with van der Waals surface area (Å²) in [6, 6.07) is 0. The van der Waals surface area contributed by atoms with E-state index < -0.39 is 0 Å². The molecule has 0 aromatic carbocycles. The fraction of sp³-hybridized carbons (Fsp3) is 0.429. The van der Waals surface area contributed by atoms with Gasteiger partial charge in [0.2, 0.25) is 0 Å². The molecule has 2 heteroatoms. The van der Waals surface area contributed by atoms with E-state index in [1.54, 1.807) is 13.2 Å². The molecule has 0 aliphatic rings. The summed E-state index contributed by atoms with van der Waals surface area (Å²) >= 11 is 0. The van der Waals surface area contributed by atoms with Gasteiger partial charge in [-0.2, -0.15) is 5.57 Å². The van der Waals surface area contributed by atoms with E-state index in [0.29, 0.717) is 12.0 Å². The number of hydrogen-bond donors (Lipinski definition) is 0. The Morgan fingerprint density at radius 2 is 2.00 bits per heavy atom. The molecule has 0 aromatic heterocycles. The number of carbonyl (C=O) groups excluding carboxylic acids is 1. The molecule has 1 nitrogen and oxygen atoms in total. The summed E-state index contributed by atoms with van der Waals surface area (Å²) in [5.74, 6) is 0. The second-order valence-electron chi connectivity index (χ2n) is 1.76. The summed E-state index contributed by atoms with van der Waals surface area (Å²) in [4.78, 5) is 9.89. The summed E-state index contributed by atoms with van der Waals surface area (Å²) in [5.41, 5.74) is 1.69. The Hall–Kier alpha value is 0.514. The Morgan fingerprint density at radius 1 is 1.56 bits per heavy atom. The van der Waals surface area contributed by atoms with Crippen LogP contribution in [-0.4, -0.2) is 6.29 Å². The maximum atomic E-state index is 9.89. The molecule has 0 fully saturated rings. The maximum absolute atomic E-state index is 9.89. The van der Waals surface area contributed by atoms with Gasteiger partial charge in [-0.15, -0.1) is 6.92 Å². The van der Waals surface area contributed by atoms with Gasteiger partial charge in [0.05, 0.1) is 0 Å². The molecule has 0 rings (SSSR count). The van der Waals surface area contributed by atoms with Crippen LogP contribution in [0, 0.1) is 6.92 Å². The van der Waals surface area contributed by atoms with E-state index in [-0.39, 0.29) is 32.7 Å². The molecule has 0 saturated carbocycles. The van der Waals surface area contributed by atoms with Gasteiger partial charge in [-0.3, -0.25) is 0 Å². The standard InChI is InChI=1S/C7H10O.Y/c1-4-6(2)7(3)5-8;/h1,4H2,2-3H3;/q-2;/b7-6-;. The average Bonchev–Trinajstić information content (AvgIpc) is 1.84. The van der Waals surface area contributed by atoms with Crippen molar-refractivity contribution in [3.63, 3.8) is 0 Å². The van der Waals surface area contributed by atoms with Gasteiger partial charge in [0, 0.05) is 32.7 Å². The van der Waals surface area contributed by atoms with Crippen molar-refractivity contribution in [2.75, 3.05) is 0 Å². The van der Waals surface area contributed by atoms with Crippen molar-refractivity contribution in [3.8, 4) is 0 Å². The second kappa shape index (κ2) is 6.63. The van der Waals surface area contributed by atoms with E-state index in [1.807, 2.05) is 6.92 Å². The molecule has 0 spiro atoms.